The molecule has 1 N–H and O–H groups in total. The number of nitrogens with one attached hydrogen (secondary N) is 1. The van der Waals surface area contributed by atoms with Crippen molar-refractivity contribution < 1.29 is 22.7 Å². The van der Waals surface area contributed by atoms with E-state index in [1.807, 2.05) is 65.8 Å². The zero-order valence-corrected chi connectivity index (χ0v) is 26.3. The fraction of sp³-hybridized carbons (Fsp3) is 0.394. The highest BCUT2D eigenvalue weighted by Crippen LogP contribution is 2.26. The van der Waals surface area contributed by atoms with Crippen molar-refractivity contribution in [2.24, 2.45) is 0 Å². The average molecular weight is 594 g/mol. The van der Waals surface area contributed by atoms with Crippen LogP contribution in [-0.2, 0) is 26.2 Å². The Hall–Kier alpha value is -3.85. The molecule has 0 radical (unpaired) electrons. The monoisotopic (exact) mass is 593 g/mol. The standard InChI is InChI=1S/C33H43N3O5S/c1-7-26(6)34-33(38)31(8-2)35(22-27-12-10-11-25(5)21-27)32(37)23-36(28-15-13-24(4)14-16-28)42(39,40)30-19-17-29(18-20-30)41-9-3/h10-21,26,31H,7-9,22-23H2,1-6H3,(H,34,38). The number of amides is 2. The summed E-state index contributed by atoms with van der Waals surface area (Å²) in [6.45, 7) is 11.6. The van der Waals surface area contributed by atoms with Crippen molar-refractivity contribution in [1.82, 2.24) is 10.2 Å². The summed E-state index contributed by atoms with van der Waals surface area (Å²) >= 11 is 0. The largest absolute Gasteiger partial charge is 0.494 e. The van der Waals surface area contributed by atoms with Crippen molar-refractivity contribution in [3.63, 3.8) is 0 Å². The number of carbonyl (C=O) groups excluding carboxylic acids is 2. The molecule has 0 spiro atoms. The molecular weight excluding hydrogens is 550 g/mol. The van der Waals surface area contributed by atoms with Crippen LogP contribution in [0.25, 0.3) is 0 Å². The Balaban J connectivity index is 2.05. The fourth-order valence-electron chi connectivity index (χ4n) is 4.61. The summed E-state index contributed by atoms with van der Waals surface area (Å²) in [7, 11) is -4.15. The smallest absolute Gasteiger partial charge is 0.264 e. The van der Waals surface area contributed by atoms with Gasteiger partial charge in [-0.2, -0.15) is 0 Å². The first-order chi connectivity index (χ1) is 20.0. The van der Waals surface area contributed by atoms with Crippen molar-refractivity contribution >= 4 is 27.5 Å². The maximum absolute atomic E-state index is 14.2. The van der Waals surface area contributed by atoms with Gasteiger partial charge >= 0.3 is 0 Å². The lowest BCUT2D eigenvalue weighted by Gasteiger charge is -2.33. The van der Waals surface area contributed by atoms with Crippen LogP contribution in [0.2, 0.25) is 0 Å². The molecule has 0 heterocycles. The van der Waals surface area contributed by atoms with E-state index in [1.165, 1.54) is 17.0 Å². The summed E-state index contributed by atoms with van der Waals surface area (Å²) in [5.74, 6) is -0.182. The molecule has 3 aromatic rings. The maximum atomic E-state index is 14.2. The van der Waals surface area contributed by atoms with E-state index in [0.717, 1.165) is 27.4 Å². The third kappa shape index (κ3) is 8.35. The molecule has 9 heteroatoms. The van der Waals surface area contributed by atoms with Gasteiger partial charge in [0, 0.05) is 12.6 Å². The third-order valence-corrected chi connectivity index (χ3v) is 8.93. The third-order valence-electron chi connectivity index (χ3n) is 7.15. The predicted molar refractivity (Wildman–Crippen MR) is 167 cm³/mol. The number of anilines is 1. The van der Waals surface area contributed by atoms with Crippen LogP contribution < -0.4 is 14.4 Å². The molecule has 8 nitrogen and oxygen atoms in total. The number of carbonyl (C=O) groups is 2. The van der Waals surface area contributed by atoms with Gasteiger partial charge in [-0.15, -0.1) is 0 Å². The Morgan fingerprint density at radius 3 is 2.12 bits per heavy atom. The quantitative estimate of drug-likeness (QED) is 0.262. The van der Waals surface area contributed by atoms with E-state index < -0.39 is 28.5 Å². The van der Waals surface area contributed by atoms with E-state index in [9.17, 15) is 18.0 Å². The van der Waals surface area contributed by atoms with Crippen molar-refractivity contribution in [3.8, 4) is 5.75 Å². The molecule has 2 unspecified atom stereocenters. The van der Waals surface area contributed by atoms with E-state index in [4.69, 9.17) is 4.74 Å². The van der Waals surface area contributed by atoms with E-state index >= 15 is 0 Å². The number of rotatable bonds is 14. The minimum atomic E-state index is -4.15. The highest BCUT2D eigenvalue weighted by Gasteiger charge is 2.34. The van der Waals surface area contributed by atoms with Crippen LogP contribution in [0.15, 0.2) is 77.7 Å². The Morgan fingerprint density at radius 2 is 1.55 bits per heavy atom. The van der Waals surface area contributed by atoms with Gasteiger partial charge in [0.15, 0.2) is 0 Å². The second-order valence-corrected chi connectivity index (χ2v) is 12.4. The number of ether oxygens (including phenoxy) is 1. The van der Waals surface area contributed by atoms with Crippen LogP contribution in [0, 0.1) is 13.8 Å². The molecule has 0 saturated heterocycles. The second kappa shape index (κ2) is 14.9. The van der Waals surface area contributed by atoms with Gasteiger partial charge in [0.2, 0.25) is 11.8 Å². The number of benzene rings is 3. The van der Waals surface area contributed by atoms with E-state index in [2.05, 4.69) is 5.32 Å². The number of aryl methyl sites for hydroxylation is 2. The predicted octanol–water partition coefficient (Wildman–Crippen LogP) is 5.62. The minimum Gasteiger partial charge on any atom is -0.494 e. The van der Waals surface area contributed by atoms with Crippen molar-refractivity contribution in [2.45, 2.75) is 77.9 Å². The first kappa shape index (κ1) is 32.7. The van der Waals surface area contributed by atoms with Gasteiger partial charge in [-0.1, -0.05) is 61.4 Å². The molecule has 3 rings (SSSR count). The molecule has 226 valence electrons. The second-order valence-electron chi connectivity index (χ2n) is 10.5. The van der Waals surface area contributed by atoms with Gasteiger partial charge in [-0.25, -0.2) is 8.42 Å². The number of hydrogen-bond donors (Lipinski definition) is 1. The molecular formula is C33H43N3O5S. The van der Waals surface area contributed by atoms with Gasteiger partial charge < -0.3 is 15.0 Å². The Bertz CT molecular complexity index is 1440. The van der Waals surface area contributed by atoms with Crippen molar-refractivity contribution in [1.29, 1.82) is 0 Å². The first-order valence-electron chi connectivity index (χ1n) is 14.5. The summed E-state index contributed by atoms with van der Waals surface area (Å²) in [5, 5.41) is 3.00. The zero-order valence-electron chi connectivity index (χ0n) is 25.5. The van der Waals surface area contributed by atoms with Crippen LogP contribution in [0.3, 0.4) is 0 Å². The summed E-state index contributed by atoms with van der Waals surface area (Å²) in [4.78, 5) is 29.1. The number of sulfonamides is 1. The molecule has 0 fully saturated rings. The van der Waals surface area contributed by atoms with Crippen LogP contribution in [0.5, 0.6) is 5.75 Å². The molecule has 0 aliphatic carbocycles. The van der Waals surface area contributed by atoms with E-state index in [-0.39, 0.29) is 23.4 Å². The van der Waals surface area contributed by atoms with Crippen LogP contribution in [0.4, 0.5) is 5.69 Å². The average Bonchev–Trinajstić information content (AvgIpc) is 2.96. The summed E-state index contributed by atoms with van der Waals surface area (Å²) in [6, 6.07) is 20.0. The van der Waals surface area contributed by atoms with Crippen molar-refractivity contribution in [2.75, 3.05) is 17.5 Å². The Morgan fingerprint density at radius 1 is 0.881 bits per heavy atom. The molecule has 0 aliphatic heterocycles. The molecule has 0 saturated carbocycles. The SMILES string of the molecule is CCOc1ccc(S(=O)(=O)N(CC(=O)N(Cc2cccc(C)c2)C(CC)C(=O)NC(C)CC)c2ccc(C)cc2)cc1. The number of hydrogen-bond acceptors (Lipinski definition) is 5. The molecule has 2 amide bonds. The summed E-state index contributed by atoms with van der Waals surface area (Å²) < 4.78 is 34.7. The lowest BCUT2D eigenvalue weighted by molar-refractivity contribution is -0.140. The molecule has 0 aromatic heterocycles. The van der Waals surface area contributed by atoms with E-state index in [1.54, 1.807) is 36.4 Å². The molecule has 0 aliphatic rings. The van der Waals surface area contributed by atoms with Gasteiger partial charge in [0.1, 0.15) is 18.3 Å². The van der Waals surface area contributed by atoms with Gasteiger partial charge in [-0.3, -0.25) is 13.9 Å². The molecule has 42 heavy (non-hydrogen) atoms. The van der Waals surface area contributed by atoms with Crippen LogP contribution >= 0.6 is 0 Å². The highest BCUT2D eigenvalue weighted by molar-refractivity contribution is 7.92. The first-order valence-corrected chi connectivity index (χ1v) is 15.9. The minimum absolute atomic E-state index is 0.0334. The lowest BCUT2D eigenvalue weighted by Crippen LogP contribution is -2.53. The lowest BCUT2D eigenvalue weighted by atomic mass is 10.1. The maximum Gasteiger partial charge on any atom is 0.264 e. The fourth-order valence-corrected chi connectivity index (χ4v) is 6.02. The Labute approximate surface area is 250 Å². The summed E-state index contributed by atoms with van der Waals surface area (Å²) in [5.41, 5.74) is 3.19. The molecule has 3 aromatic carbocycles. The molecule has 0 bridgehead atoms. The van der Waals surface area contributed by atoms with Gasteiger partial charge in [0.25, 0.3) is 10.0 Å². The normalized spacial score (nSPS) is 12.7. The Kier molecular flexibility index (Phi) is 11.6. The van der Waals surface area contributed by atoms with Crippen LogP contribution in [-0.4, -0.2) is 50.4 Å². The van der Waals surface area contributed by atoms with Gasteiger partial charge in [-0.05, 0) is 82.5 Å². The molecule has 2 atom stereocenters. The van der Waals surface area contributed by atoms with Gasteiger partial charge in [0.05, 0.1) is 17.2 Å². The van der Waals surface area contributed by atoms with Crippen molar-refractivity contribution in [3.05, 3.63) is 89.5 Å². The summed E-state index contributed by atoms with van der Waals surface area (Å²) in [6.07, 6.45) is 1.12. The number of nitrogens with zero attached hydrogens (tertiary/aromatic N) is 2. The zero-order chi connectivity index (χ0) is 30.9. The highest BCUT2D eigenvalue weighted by atomic mass is 32.2. The van der Waals surface area contributed by atoms with Crippen LogP contribution in [0.1, 0.15) is 57.2 Å². The van der Waals surface area contributed by atoms with E-state index in [0.29, 0.717) is 24.5 Å². The topological polar surface area (TPSA) is 96.0 Å².